The van der Waals surface area contributed by atoms with E-state index >= 15 is 0 Å². The number of benzene rings is 1. The molecule has 0 saturated carbocycles. The van der Waals surface area contributed by atoms with E-state index in [0.29, 0.717) is 17.8 Å². The van der Waals surface area contributed by atoms with E-state index < -0.39 is 0 Å². The van der Waals surface area contributed by atoms with Gasteiger partial charge in [0.25, 0.3) is 5.56 Å². The molecule has 1 aromatic heterocycles. The summed E-state index contributed by atoms with van der Waals surface area (Å²) in [7, 11) is 0. The summed E-state index contributed by atoms with van der Waals surface area (Å²) in [6.07, 6.45) is 1.03. The lowest BCUT2D eigenvalue weighted by Gasteiger charge is -2.05. The van der Waals surface area contributed by atoms with Crippen molar-refractivity contribution in [2.45, 2.75) is 19.9 Å². The highest BCUT2D eigenvalue weighted by Gasteiger charge is 2.03. The van der Waals surface area contributed by atoms with Crippen LogP contribution >= 0.6 is 0 Å². The smallest absolute Gasteiger partial charge is 0.252 e. The predicted molar refractivity (Wildman–Crippen MR) is 74.5 cm³/mol. The fraction of sp³-hybridized carbons (Fsp3) is 0.267. The van der Waals surface area contributed by atoms with E-state index in [9.17, 15) is 9.18 Å². The van der Waals surface area contributed by atoms with Gasteiger partial charge >= 0.3 is 0 Å². The second-order valence-electron chi connectivity index (χ2n) is 4.41. The summed E-state index contributed by atoms with van der Waals surface area (Å²) in [6.45, 7) is 3.53. The Balaban J connectivity index is 2.19. The van der Waals surface area contributed by atoms with Crippen LogP contribution in [0.3, 0.4) is 0 Å². The molecule has 0 atom stereocenters. The Hall–Kier alpha value is -1.94. The molecule has 0 aliphatic rings. The minimum Gasteiger partial charge on any atom is -0.322 e. The van der Waals surface area contributed by atoms with Crippen LogP contribution in [0.15, 0.2) is 41.2 Å². The van der Waals surface area contributed by atoms with Crippen LogP contribution in [0.25, 0.3) is 11.3 Å². The van der Waals surface area contributed by atoms with Gasteiger partial charge in [-0.25, -0.2) is 4.39 Å². The van der Waals surface area contributed by atoms with Gasteiger partial charge in [0.15, 0.2) is 0 Å². The van der Waals surface area contributed by atoms with Crippen LogP contribution in [0, 0.1) is 5.82 Å². The first-order chi connectivity index (χ1) is 9.20. The molecule has 2 aromatic rings. The fourth-order valence-corrected chi connectivity index (χ4v) is 1.84. The third-order valence-electron chi connectivity index (χ3n) is 2.89. The average molecular weight is 260 g/mol. The highest BCUT2D eigenvalue weighted by atomic mass is 19.1. The highest BCUT2D eigenvalue weighted by molar-refractivity contribution is 5.58. The number of rotatable bonds is 5. The summed E-state index contributed by atoms with van der Waals surface area (Å²) in [5.74, 6) is -0.286. The Kier molecular flexibility index (Phi) is 4.47. The van der Waals surface area contributed by atoms with Crippen LogP contribution in [-0.2, 0) is 6.54 Å². The number of hydrogen-bond acceptors (Lipinski definition) is 2. The number of nitrogens with one attached hydrogen (secondary N) is 2. The van der Waals surface area contributed by atoms with E-state index in [1.807, 2.05) is 6.07 Å². The SMILES string of the molecule is CCCNCc1ccc(-c2ccc(F)cc2)[nH]c1=O. The lowest BCUT2D eigenvalue weighted by molar-refractivity contribution is 0.628. The van der Waals surface area contributed by atoms with Gasteiger partial charge in [-0.15, -0.1) is 0 Å². The van der Waals surface area contributed by atoms with Gasteiger partial charge in [-0.2, -0.15) is 0 Å². The Morgan fingerprint density at radius 1 is 1.16 bits per heavy atom. The van der Waals surface area contributed by atoms with Crippen molar-refractivity contribution in [3.63, 3.8) is 0 Å². The molecular weight excluding hydrogens is 243 g/mol. The van der Waals surface area contributed by atoms with Crippen LogP contribution in [-0.4, -0.2) is 11.5 Å². The monoisotopic (exact) mass is 260 g/mol. The van der Waals surface area contributed by atoms with Crippen molar-refractivity contribution in [2.24, 2.45) is 0 Å². The molecular formula is C15H17FN2O. The zero-order valence-electron chi connectivity index (χ0n) is 10.9. The molecule has 0 unspecified atom stereocenters. The number of pyridine rings is 1. The molecule has 0 aliphatic heterocycles. The highest BCUT2D eigenvalue weighted by Crippen LogP contribution is 2.15. The van der Waals surface area contributed by atoms with Gasteiger partial charge in [-0.3, -0.25) is 4.79 Å². The molecule has 2 rings (SSSR count). The first-order valence-corrected chi connectivity index (χ1v) is 6.39. The third kappa shape index (κ3) is 3.51. The molecule has 3 nitrogen and oxygen atoms in total. The van der Waals surface area contributed by atoms with Crippen LogP contribution in [0.5, 0.6) is 0 Å². The van der Waals surface area contributed by atoms with E-state index in [0.717, 1.165) is 18.5 Å². The number of aromatic nitrogens is 1. The van der Waals surface area contributed by atoms with E-state index in [2.05, 4.69) is 17.2 Å². The minimum atomic E-state index is -0.286. The lowest BCUT2D eigenvalue weighted by atomic mass is 10.1. The number of halogens is 1. The van der Waals surface area contributed by atoms with Gasteiger partial charge in [-0.1, -0.05) is 13.0 Å². The summed E-state index contributed by atoms with van der Waals surface area (Å²) in [6, 6.07) is 9.71. The molecule has 0 fully saturated rings. The lowest BCUT2D eigenvalue weighted by Crippen LogP contribution is -2.21. The first kappa shape index (κ1) is 13.5. The predicted octanol–water partition coefficient (Wildman–Crippen LogP) is 2.68. The second-order valence-corrected chi connectivity index (χ2v) is 4.41. The Bertz CT molecular complexity index is 590. The first-order valence-electron chi connectivity index (χ1n) is 6.39. The number of hydrogen-bond donors (Lipinski definition) is 2. The van der Waals surface area contributed by atoms with E-state index in [1.54, 1.807) is 18.2 Å². The summed E-state index contributed by atoms with van der Waals surface area (Å²) < 4.78 is 12.8. The van der Waals surface area contributed by atoms with Gasteiger partial charge in [-0.05, 0) is 48.9 Å². The molecule has 0 radical (unpaired) electrons. The largest absolute Gasteiger partial charge is 0.322 e. The van der Waals surface area contributed by atoms with Gasteiger partial charge < -0.3 is 10.3 Å². The topological polar surface area (TPSA) is 44.9 Å². The van der Waals surface area contributed by atoms with Crippen LogP contribution in [0.1, 0.15) is 18.9 Å². The molecule has 1 heterocycles. The van der Waals surface area contributed by atoms with Gasteiger partial charge in [0.05, 0.1) is 0 Å². The molecule has 0 spiro atoms. The van der Waals surface area contributed by atoms with Crippen molar-refractivity contribution >= 4 is 0 Å². The van der Waals surface area contributed by atoms with Crippen molar-refractivity contribution in [1.82, 2.24) is 10.3 Å². The van der Waals surface area contributed by atoms with Crippen molar-refractivity contribution in [1.29, 1.82) is 0 Å². The molecule has 0 aliphatic carbocycles. The van der Waals surface area contributed by atoms with Crippen LogP contribution < -0.4 is 10.9 Å². The molecule has 1 aromatic carbocycles. The zero-order valence-corrected chi connectivity index (χ0v) is 10.9. The standard InChI is InChI=1S/C15H17FN2O/c1-2-9-17-10-12-5-8-14(18-15(12)19)11-3-6-13(16)7-4-11/h3-8,17H,2,9-10H2,1H3,(H,18,19). The van der Waals surface area contributed by atoms with E-state index in [4.69, 9.17) is 0 Å². The zero-order chi connectivity index (χ0) is 13.7. The van der Waals surface area contributed by atoms with Gasteiger partial charge in [0.2, 0.25) is 0 Å². The van der Waals surface area contributed by atoms with Crippen LogP contribution in [0.2, 0.25) is 0 Å². The molecule has 0 bridgehead atoms. The molecule has 2 N–H and O–H groups in total. The third-order valence-corrected chi connectivity index (χ3v) is 2.89. The second kappa shape index (κ2) is 6.29. The van der Waals surface area contributed by atoms with Crippen LogP contribution in [0.4, 0.5) is 4.39 Å². The van der Waals surface area contributed by atoms with Crippen molar-refractivity contribution in [3.8, 4) is 11.3 Å². The van der Waals surface area contributed by atoms with E-state index in [-0.39, 0.29) is 11.4 Å². The van der Waals surface area contributed by atoms with Crippen molar-refractivity contribution in [3.05, 3.63) is 58.1 Å². The van der Waals surface area contributed by atoms with Crippen molar-refractivity contribution in [2.75, 3.05) is 6.54 Å². The maximum atomic E-state index is 12.8. The molecule has 0 saturated heterocycles. The number of H-pyrrole nitrogens is 1. The molecule has 0 amide bonds. The summed E-state index contributed by atoms with van der Waals surface area (Å²) in [5.41, 5.74) is 2.10. The Morgan fingerprint density at radius 3 is 2.53 bits per heavy atom. The van der Waals surface area contributed by atoms with Gasteiger partial charge in [0, 0.05) is 17.8 Å². The van der Waals surface area contributed by atoms with E-state index in [1.165, 1.54) is 12.1 Å². The summed E-state index contributed by atoms with van der Waals surface area (Å²) >= 11 is 0. The van der Waals surface area contributed by atoms with Crippen molar-refractivity contribution < 1.29 is 4.39 Å². The summed E-state index contributed by atoms with van der Waals surface area (Å²) in [5, 5.41) is 3.19. The summed E-state index contributed by atoms with van der Waals surface area (Å²) in [4.78, 5) is 14.7. The Morgan fingerprint density at radius 2 is 1.89 bits per heavy atom. The average Bonchev–Trinajstić information content (AvgIpc) is 2.42. The minimum absolute atomic E-state index is 0.106. The van der Waals surface area contributed by atoms with Gasteiger partial charge in [0.1, 0.15) is 5.82 Å². The molecule has 4 heteroatoms. The molecule has 100 valence electrons. The molecule has 19 heavy (non-hydrogen) atoms. The Labute approximate surface area is 111 Å². The quantitative estimate of drug-likeness (QED) is 0.812. The number of aromatic amines is 1. The normalized spacial score (nSPS) is 10.6. The maximum Gasteiger partial charge on any atom is 0.252 e. The fourth-order valence-electron chi connectivity index (χ4n) is 1.84. The maximum absolute atomic E-state index is 12.8.